The highest BCUT2D eigenvalue weighted by Gasteiger charge is 2.05. The Balaban J connectivity index is 2.64. The van der Waals surface area contributed by atoms with Gasteiger partial charge in [0.1, 0.15) is 5.82 Å². The van der Waals surface area contributed by atoms with Gasteiger partial charge in [0.2, 0.25) is 0 Å². The summed E-state index contributed by atoms with van der Waals surface area (Å²) in [5.41, 5.74) is 6.71. The van der Waals surface area contributed by atoms with Crippen LogP contribution in [0.1, 0.15) is 38.3 Å². The first-order valence-electron chi connectivity index (χ1n) is 4.39. The van der Waals surface area contributed by atoms with Crippen molar-refractivity contribution >= 4 is 0 Å². The topological polar surface area (TPSA) is 54.7 Å². The largest absolute Gasteiger partial charge is 0.345 e. The van der Waals surface area contributed by atoms with Crippen molar-refractivity contribution in [1.29, 1.82) is 0 Å². The highest BCUT2D eigenvalue weighted by atomic mass is 14.9. The van der Waals surface area contributed by atoms with E-state index in [1.807, 2.05) is 13.1 Å². The predicted molar refractivity (Wildman–Crippen MR) is 49.7 cm³/mol. The Kier molecular flexibility index (Phi) is 2.87. The van der Waals surface area contributed by atoms with Gasteiger partial charge in [-0.1, -0.05) is 13.8 Å². The molecule has 0 amide bonds. The molecule has 12 heavy (non-hydrogen) atoms. The van der Waals surface area contributed by atoms with Crippen molar-refractivity contribution < 1.29 is 0 Å². The molecule has 1 aromatic rings. The predicted octanol–water partition coefficient (Wildman–Crippen LogP) is 1.63. The van der Waals surface area contributed by atoms with Gasteiger partial charge in [-0.05, 0) is 12.8 Å². The highest BCUT2D eigenvalue weighted by molar-refractivity contribution is 5.05. The summed E-state index contributed by atoms with van der Waals surface area (Å²) >= 11 is 0. The van der Waals surface area contributed by atoms with E-state index in [0.717, 1.165) is 17.9 Å². The SMILES string of the molecule is CC(C)Cc1ncc(C(C)N)[nH]1. The van der Waals surface area contributed by atoms with Crippen LogP contribution in [-0.4, -0.2) is 9.97 Å². The molecule has 1 heterocycles. The number of nitrogens with two attached hydrogens (primary N) is 1. The quantitative estimate of drug-likeness (QED) is 0.718. The van der Waals surface area contributed by atoms with E-state index in [1.54, 1.807) is 0 Å². The monoisotopic (exact) mass is 167 g/mol. The van der Waals surface area contributed by atoms with Crippen LogP contribution in [0.25, 0.3) is 0 Å². The van der Waals surface area contributed by atoms with Crippen molar-refractivity contribution in [2.24, 2.45) is 11.7 Å². The van der Waals surface area contributed by atoms with Crippen molar-refractivity contribution in [1.82, 2.24) is 9.97 Å². The minimum Gasteiger partial charge on any atom is -0.345 e. The zero-order valence-corrected chi connectivity index (χ0v) is 7.96. The highest BCUT2D eigenvalue weighted by Crippen LogP contribution is 2.08. The Morgan fingerprint density at radius 3 is 2.58 bits per heavy atom. The molecular formula is C9H17N3. The van der Waals surface area contributed by atoms with Crippen molar-refractivity contribution in [2.45, 2.75) is 33.2 Å². The maximum Gasteiger partial charge on any atom is 0.106 e. The molecule has 0 aliphatic carbocycles. The smallest absolute Gasteiger partial charge is 0.106 e. The van der Waals surface area contributed by atoms with Gasteiger partial charge in [0, 0.05) is 18.7 Å². The zero-order valence-electron chi connectivity index (χ0n) is 7.96. The molecule has 1 rings (SSSR count). The molecule has 1 atom stereocenters. The molecule has 0 fully saturated rings. The number of nitrogens with one attached hydrogen (secondary N) is 1. The van der Waals surface area contributed by atoms with Crippen LogP contribution >= 0.6 is 0 Å². The second kappa shape index (κ2) is 3.72. The van der Waals surface area contributed by atoms with Crippen LogP contribution in [0.4, 0.5) is 0 Å². The van der Waals surface area contributed by atoms with E-state index in [0.29, 0.717) is 5.92 Å². The average molecular weight is 167 g/mol. The van der Waals surface area contributed by atoms with E-state index >= 15 is 0 Å². The summed E-state index contributed by atoms with van der Waals surface area (Å²) < 4.78 is 0. The zero-order chi connectivity index (χ0) is 9.14. The summed E-state index contributed by atoms with van der Waals surface area (Å²) in [7, 11) is 0. The molecule has 0 bridgehead atoms. The van der Waals surface area contributed by atoms with Gasteiger partial charge in [0.25, 0.3) is 0 Å². The third-order valence-electron chi connectivity index (χ3n) is 1.74. The third-order valence-corrected chi connectivity index (χ3v) is 1.74. The van der Waals surface area contributed by atoms with Gasteiger partial charge in [-0.15, -0.1) is 0 Å². The Hall–Kier alpha value is -0.830. The van der Waals surface area contributed by atoms with Gasteiger partial charge < -0.3 is 10.7 Å². The third kappa shape index (κ3) is 2.34. The number of hydrogen-bond donors (Lipinski definition) is 2. The van der Waals surface area contributed by atoms with Crippen LogP contribution in [0.3, 0.4) is 0 Å². The second-order valence-corrected chi connectivity index (χ2v) is 3.67. The molecule has 0 aliphatic heterocycles. The maximum atomic E-state index is 5.69. The van der Waals surface area contributed by atoms with Crippen LogP contribution in [0, 0.1) is 5.92 Å². The first-order valence-corrected chi connectivity index (χ1v) is 4.39. The fraction of sp³-hybridized carbons (Fsp3) is 0.667. The normalized spacial score (nSPS) is 13.8. The lowest BCUT2D eigenvalue weighted by Crippen LogP contribution is -2.05. The number of aromatic nitrogens is 2. The number of rotatable bonds is 3. The lowest BCUT2D eigenvalue weighted by molar-refractivity contribution is 0.623. The van der Waals surface area contributed by atoms with Gasteiger partial charge in [-0.3, -0.25) is 0 Å². The van der Waals surface area contributed by atoms with E-state index in [1.165, 1.54) is 0 Å². The Labute approximate surface area is 73.4 Å². The number of H-pyrrole nitrogens is 1. The summed E-state index contributed by atoms with van der Waals surface area (Å²) in [4.78, 5) is 7.45. The van der Waals surface area contributed by atoms with Gasteiger partial charge in [-0.2, -0.15) is 0 Å². The van der Waals surface area contributed by atoms with Gasteiger partial charge in [0.15, 0.2) is 0 Å². The first-order chi connectivity index (χ1) is 5.59. The van der Waals surface area contributed by atoms with Crippen molar-refractivity contribution in [2.75, 3.05) is 0 Å². The van der Waals surface area contributed by atoms with E-state index in [9.17, 15) is 0 Å². The molecule has 1 aromatic heterocycles. The fourth-order valence-electron chi connectivity index (χ4n) is 1.10. The first kappa shape index (κ1) is 9.26. The van der Waals surface area contributed by atoms with E-state index in [2.05, 4.69) is 23.8 Å². The Morgan fingerprint density at radius 2 is 2.17 bits per heavy atom. The molecular weight excluding hydrogens is 150 g/mol. The molecule has 0 saturated carbocycles. The van der Waals surface area contributed by atoms with Crippen molar-refractivity contribution in [3.63, 3.8) is 0 Å². The molecule has 0 aliphatic rings. The van der Waals surface area contributed by atoms with Crippen LogP contribution in [0.5, 0.6) is 0 Å². The molecule has 1 unspecified atom stereocenters. The summed E-state index contributed by atoms with van der Waals surface area (Å²) in [6.45, 7) is 6.30. The molecule has 0 spiro atoms. The van der Waals surface area contributed by atoms with E-state index in [-0.39, 0.29) is 6.04 Å². The number of imidazole rings is 1. The second-order valence-electron chi connectivity index (χ2n) is 3.67. The molecule has 0 saturated heterocycles. The molecule has 3 heteroatoms. The molecule has 68 valence electrons. The average Bonchev–Trinajstić information content (AvgIpc) is 2.34. The summed E-state index contributed by atoms with van der Waals surface area (Å²) in [6.07, 6.45) is 2.81. The lowest BCUT2D eigenvalue weighted by Gasteiger charge is -2.01. The summed E-state index contributed by atoms with van der Waals surface area (Å²) in [6, 6.07) is 0.0541. The van der Waals surface area contributed by atoms with E-state index < -0.39 is 0 Å². The Morgan fingerprint density at radius 1 is 1.50 bits per heavy atom. The van der Waals surface area contributed by atoms with Gasteiger partial charge in [0.05, 0.1) is 5.69 Å². The van der Waals surface area contributed by atoms with Gasteiger partial charge >= 0.3 is 0 Å². The van der Waals surface area contributed by atoms with E-state index in [4.69, 9.17) is 5.73 Å². The maximum absolute atomic E-state index is 5.69. The van der Waals surface area contributed by atoms with Crippen LogP contribution in [0.2, 0.25) is 0 Å². The van der Waals surface area contributed by atoms with Crippen molar-refractivity contribution in [3.05, 3.63) is 17.7 Å². The standard InChI is InChI=1S/C9H17N3/c1-6(2)4-9-11-5-8(12-9)7(3)10/h5-7H,4,10H2,1-3H3,(H,11,12). The Bertz CT molecular complexity index is 238. The van der Waals surface area contributed by atoms with Crippen molar-refractivity contribution in [3.8, 4) is 0 Å². The summed E-state index contributed by atoms with van der Waals surface area (Å²) in [5, 5.41) is 0. The number of hydrogen-bond acceptors (Lipinski definition) is 2. The molecule has 3 nitrogen and oxygen atoms in total. The minimum absolute atomic E-state index is 0.0541. The molecule has 0 aromatic carbocycles. The van der Waals surface area contributed by atoms with Crippen LogP contribution in [0.15, 0.2) is 6.20 Å². The molecule has 0 radical (unpaired) electrons. The number of nitrogens with zero attached hydrogens (tertiary/aromatic N) is 1. The van der Waals surface area contributed by atoms with Gasteiger partial charge in [-0.25, -0.2) is 4.98 Å². The van der Waals surface area contributed by atoms with Crippen LogP contribution in [-0.2, 0) is 6.42 Å². The fourth-order valence-corrected chi connectivity index (χ4v) is 1.10. The minimum atomic E-state index is 0.0541. The summed E-state index contributed by atoms with van der Waals surface area (Å²) in [5.74, 6) is 1.68. The molecule has 3 N–H and O–H groups in total. The van der Waals surface area contributed by atoms with Crippen LogP contribution < -0.4 is 5.73 Å². The number of aromatic amines is 1. The lowest BCUT2D eigenvalue weighted by atomic mass is 10.1.